The van der Waals surface area contributed by atoms with Crippen molar-refractivity contribution in [1.82, 2.24) is 9.97 Å². The quantitative estimate of drug-likeness (QED) is 0.642. The number of anilines is 2. The summed E-state index contributed by atoms with van der Waals surface area (Å²) in [6.07, 6.45) is 0. The van der Waals surface area contributed by atoms with E-state index in [4.69, 9.17) is 16.6 Å². The third-order valence-electron chi connectivity index (χ3n) is 3.70. The number of aliphatic hydroxyl groups is 1. The summed E-state index contributed by atoms with van der Waals surface area (Å²) in [4.78, 5) is 8.33. The zero-order valence-electron chi connectivity index (χ0n) is 13.9. The second-order valence-corrected chi connectivity index (χ2v) is 5.48. The second-order valence-electron chi connectivity index (χ2n) is 5.48. The average Bonchev–Trinajstić information content (AvgIpc) is 2.47. The molecule has 3 aromatic rings. The van der Waals surface area contributed by atoms with E-state index in [0.717, 1.165) is 29.1 Å². The van der Waals surface area contributed by atoms with Crippen molar-refractivity contribution in [2.24, 2.45) is 0 Å². The molecule has 0 aliphatic heterocycles. The van der Waals surface area contributed by atoms with Crippen LogP contribution in [0.25, 0.3) is 22.0 Å². The Morgan fingerprint density at radius 3 is 2.09 bits per heavy atom. The van der Waals surface area contributed by atoms with Gasteiger partial charge in [-0.15, -0.1) is 0 Å². The van der Waals surface area contributed by atoms with E-state index in [1.165, 1.54) is 16.7 Å². The first-order chi connectivity index (χ1) is 11.0. The maximum absolute atomic E-state index is 7.00. The molecule has 5 N–H and O–H groups in total. The summed E-state index contributed by atoms with van der Waals surface area (Å²) in [6, 6.07) is 10.5. The van der Waals surface area contributed by atoms with Gasteiger partial charge in [0.25, 0.3) is 0 Å². The molecule has 0 aliphatic rings. The van der Waals surface area contributed by atoms with Gasteiger partial charge in [-0.05, 0) is 43.5 Å². The van der Waals surface area contributed by atoms with Crippen LogP contribution >= 0.6 is 0 Å². The smallest absolute Gasteiger partial charge is 0.222 e. The van der Waals surface area contributed by atoms with Crippen molar-refractivity contribution < 1.29 is 5.11 Å². The van der Waals surface area contributed by atoms with E-state index in [0.29, 0.717) is 5.82 Å². The Labute approximate surface area is 136 Å². The van der Waals surface area contributed by atoms with Gasteiger partial charge in [0.05, 0.1) is 5.52 Å². The Balaban J connectivity index is 0.000000924. The minimum atomic E-state index is 0.207. The monoisotopic (exact) mass is 310 g/mol. The van der Waals surface area contributed by atoms with Crippen LogP contribution in [0.1, 0.15) is 16.7 Å². The first kappa shape index (κ1) is 16.7. The maximum Gasteiger partial charge on any atom is 0.222 e. The van der Waals surface area contributed by atoms with Crippen LogP contribution in [0, 0.1) is 20.8 Å². The first-order valence-corrected chi connectivity index (χ1v) is 7.31. The fourth-order valence-corrected chi connectivity index (χ4v) is 2.88. The Morgan fingerprint density at radius 1 is 0.870 bits per heavy atom. The molecule has 120 valence electrons. The maximum atomic E-state index is 7.00. The van der Waals surface area contributed by atoms with E-state index < -0.39 is 0 Å². The topological polar surface area (TPSA) is 98.0 Å². The van der Waals surface area contributed by atoms with Crippen LogP contribution in [0.15, 0.2) is 30.3 Å². The number of aromatic nitrogens is 2. The predicted octanol–water partition coefficient (Wildman–Crippen LogP) is 2.99. The van der Waals surface area contributed by atoms with E-state index in [1.807, 2.05) is 13.0 Å². The largest absolute Gasteiger partial charge is 0.400 e. The number of fused-ring (bicyclic) bond motifs is 1. The molecule has 0 spiro atoms. The summed E-state index contributed by atoms with van der Waals surface area (Å²) in [5.74, 6) is 0.639. The van der Waals surface area contributed by atoms with Gasteiger partial charge in [0.2, 0.25) is 5.95 Å². The summed E-state index contributed by atoms with van der Waals surface area (Å²) in [5.41, 5.74) is 18.4. The van der Waals surface area contributed by atoms with Crippen molar-refractivity contribution in [1.29, 1.82) is 0 Å². The fraction of sp³-hybridized carbons (Fsp3) is 0.222. The molecule has 0 fully saturated rings. The van der Waals surface area contributed by atoms with Crippen LogP contribution in [-0.2, 0) is 0 Å². The van der Waals surface area contributed by atoms with E-state index in [9.17, 15) is 0 Å². The Hall–Kier alpha value is -2.66. The van der Waals surface area contributed by atoms with Gasteiger partial charge in [0, 0.05) is 12.5 Å². The molecule has 0 radical (unpaired) electrons. The lowest BCUT2D eigenvalue weighted by molar-refractivity contribution is 0.399. The lowest BCUT2D eigenvalue weighted by atomic mass is 9.95. The molecule has 0 saturated carbocycles. The summed E-state index contributed by atoms with van der Waals surface area (Å²) >= 11 is 0. The van der Waals surface area contributed by atoms with Crippen LogP contribution in [-0.4, -0.2) is 22.2 Å². The SMILES string of the molecule is CO.Cc1cc(C)cc(-c2ccc3nc(N)nc(N)c3c2C)c1. The number of benzene rings is 2. The van der Waals surface area contributed by atoms with Crippen molar-refractivity contribution >= 4 is 22.7 Å². The van der Waals surface area contributed by atoms with E-state index in [2.05, 4.69) is 48.1 Å². The summed E-state index contributed by atoms with van der Waals surface area (Å²) < 4.78 is 0. The molecule has 0 bridgehead atoms. The molecule has 0 aliphatic carbocycles. The molecular formula is C18H22N4O. The zero-order valence-corrected chi connectivity index (χ0v) is 13.9. The highest BCUT2D eigenvalue weighted by atomic mass is 16.2. The minimum Gasteiger partial charge on any atom is -0.400 e. The van der Waals surface area contributed by atoms with Gasteiger partial charge < -0.3 is 16.6 Å². The van der Waals surface area contributed by atoms with E-state index in [1.54, 1.807) is 0 Å². The number of aryl methyl sites for hydroxylation is 3. The number of aliphatic hydroxyl groups excluding tert-OH is 1. The normalized spacial score (nSPS) is 10.3. The highest BCUT2D eigenvalue weighted by Gasteiger charge is 2.11. The van der Waals surface area contributed by atoms with Gasteiger partial charge in [-0.1, -0.05) is 35.4 Å². The van der Waals surface area contributed by atoms with Crippen LogP contribution < -0.4 is 11.5 Å². The van der Waals surface area contributed by atoms with E-state index in [-0.39, 0.29) is 5.95 Å². The van der Waals surface area contributed by atoms with Crippen molar-refractivity contribution in [2.45, 2.75) is 20.8 Å². The van der Waals surface area contributed by atoms with Crippen LogP contribution in [0.3, 0.4) is 0 Å². The van der Waals surface area contributed by atoms with Crippen LogP contribution in [0.2, 0.25) is 0 Å². The number of rotatable bonds is 1. The number of hydrogen-bond donors (Lipinski definition) is 3. The molecule has 0 atom stereocenters. The predicted molar refractivity (Wildman–Crippen MR) is 96.2 cm³/mol. The molecule has 5 nitrogen and oxygen atoms in total. The summed E-state index contributed by atoms with van der Waals surface area (Å²) in [7, 11) is 1.00. The molecule has 0 amide bonds. The van der Waals surface area contributed by atoms with Gasteiger partial charge in [-0.3, -0.25) is 0 Å². The fourth-order valence-electron chi connectivity index (χ4n) is 2.88. The molecule has 1 aromatic heterocycles. The van der Waals surface area contributed by atoms with Gasteiger partial charge in [-0.2, -0.15) is 4.98 Å². The van der Waals surface area contributed by atoms with E-state index >= 15 is 0 Å². The second kappa shape index (κ2) is 6.62. The van der Waals surface area contributed by atoms with Crippen LogP contribution in [0.5, 0.6) is 0 Å². The Kier molecular flexibility index (Phi) is 4.81. The highest BCUT2D eigenvalue weighted by Crippen LogP contribution is 2.32. The highest BCUT2D eigenvalue weighted by molar-refractivity contribution is 5.96. The van der Waals surface area contributed by atoms with Gasteiger partial charge in [0.1, 0.15) is 5.82 Å². The summed E-state index contributed by atoms with van der Waals surface area (Å²) in [6.45, 7) is 6.25. The van der Waals surface area contributed by atoms with Crippen molar-refractivity contribution in [3.63, 3.8) is 0 Å². The van der Waals surface area contributed by atoms with Gasteiger partial charge in [-0.25, -0.2) is 4.98 Å². The van der Waals surface area contributed by atoms with Gasteiger partial charge in [0.15, 0.2) is 0 Å². The Bertz CT molecular complexity index is 839. The lowest BCUT2D eigenvalue weighted by Gasteiger charge is -2.12. The van der Waals surface area contributed by atoms with Crippen molar-refractivity contribution in [3.05, 3.63) is 47.0 Å². The molecule has 5 heteroatoms. The average molecular weight is 310 g/mol. The standard InChI is InChI=1S/C17H18N4.CH4O/c1-9-6-10(2)8-12(7-9)13-4-5-14-15(11(13)3)16(18)21-17(19)20-14;1-2/h4-8H,1-3H3,(H4,18,19,20,21);2H,1H3. The molecular weight excluding hydrogens is 288 g/mol. The Morgan fingerprint density at radius 2 is 1.48 bits per heavy atom. The minimum absolute atomic E-state index is 0.207. The molecule has 0 unspecified atom stereocenters. The number of nitrogen functional groups attached to an aromatic ring is 2. The third-order valence-corrected chi connectivity index (χ3v) is 3.70. The molecule has 1 heterocycles. The van der Waals surface area contributed by atoms with Gasteiger partial charge >= 0.3 is 0 Å². The zero-order chi connectivity index (χ0) is 17.1. The van der Waals surface area contributed by atoms with Crippen molar-refractivity contribution in [2.75, 3.05) is 18.6 Å². The molecule has 3 rings (SSSR count). The van der Waals surface area contributed by atoms with Crippen molar-refractivity contribution in [3.8, 4) is 11.1 Å². The third kappa shape index (κ3) is 3.24. The number of hydrogen-bond acceptors (Lipinski definition) is 5. The summed E-state index contributed by atoms with van der Waals surface area (Å²) in [5, 5.41) is 7.88. The molecule has 0 saturated heterocycles. The first-order valence-electron chi connectivity index (χ1n) is 7.31. The number of nitrogens with two attached hydrogens (primary N) is 2. The molecule has 23 heavy (non-hydrogen) atoms. The number of nitrogens with zero attached hydrogens (tertiary/aromatic N) is 2. The van der Waals surface area contributed by atoms with Crippen LogP contribution in [0.4, 0.5) is 11.8 Å². The lowest BCUT2D eigenvalue weighted by Crippen LogP contribution is -2.02. The molecule has 2 aromatic carbocycles.